The SMILES string of the molecule is C=C/C=C(\N=C/C)c1ccc(-c2c3ccccc3c(C3=CCC(CC)C=C3)c3ccccc23)c2ccccc12. The minimum atomic E-state index is 0.632. The van der Waals surface area contributed by atoms with Crippen LogP contribution >= 0.6 is 0 Å². The van der Waals surface area contributed by atoms with Gasteiger partial charge in [0.25, 0.3) is 0 Å². The van der Waals surface area contributed by atoms with Crippen LogP contribution < -0.4 is 0 Å². The van der Waals surface area contributed by atoms with Gasteiger partial charge in [-0.25, -0.2) is 0 Å². The van der Waals surface area contributed by atoms with Gasteiger partial charge >= 0.3 is 0 Å². The largest absolute Gasteiger partial charge is 0.261 e. The fourth-order valence-corrected chi connectivity index (χ4v) is 6.08. The van der Waals surface area contributed by atoms with Gasteiger partial charge in [0.05, 0.1) is 5.70 Å². The highest BCUT2D eigenvalue weighted by molar-refractivity contribution is 6.22. The lowest BCUT2D eigenvalue weighted by molar-refractivity contribution is 0.634. The van der Waals surface area contributed by atoms with Crippen molar-refractivity contribution in [2.75, 3.05) is 0 Å². The summed E-state index contributed by atoms with van der Waals surface area (Å²) >= 11 is 0. The van der Waals surface area contributed by atoms with Crippen LogP contribution in [-0.4, -0.2) is 6.21 Å². The lowest BCUT2D eigenvalue weighted by Gasteiger charge is -2.21. The first kappa shape index (κ1) is 24.8. The van der Waals surface area contributed by atoms with Crippen LogP contribution in [0.5, 0.6) is 0 Å². The summed E-state index contributed by atoms with van der Waals surface area (Å²) in [7, 11) is 0. The van der Waals surface area contributed by atoms with E-state index >= 15 is 0 Å². The van der Waals surface area contributed by atoms with E-state index in [0.29, 0.717) is 5.92 Å². The predicted octanol–water partition coefficient (Wildman–Crippen LogP) is 10.8. The third kappa shape index (κ3) is 4.34. The van der Waals surface area contributed by atoms with E-state index in [1.807, 2.05) is 25.3 Å². The van der Waals surface area contributed by atoms with Gasteiger partial charge in [-0.05, 0) is 86.3 Å². The van der Waals surface area contributed by atoms with Gasteiger partial charge in [-0.15, -0.1) is 0 Å². The first-order valence-corrected chi connectivity index (χ1v) is 13.9. The molecule has 5 aromatic carbocycles. The number of hydrogen-bond acceptors (Lipinski definition) is 1. The Kier molecular flexibility index (Phi) is 6.82. The molecule has 0 amide bonds. The Bertz CT molecular complexity index is 1790. The summed E-state index contributed by atoms with van der Waals surface area (Å²) < 4.78 is 0. The van der Waals surface area contributed by atoms with E-state index in [-0.39, 0.29) is 0 Å². The molecule has 1 heteroatoms. The lowest BCUT2D eigenvalue weighted by Crippen LogP contribution is -1.99. The molecular formula is C38H33N. The van der Waals surface area contributed by atoms with E-state index < -0.39 is 0 Å². The third-order valence-electron chi connectivity index (χ3n) is 7.95. The number of fused-ring (bicyclic) bond motifs is 3. The van der Waals surface area contributed by atoms with Gasteiger partial charge in [0, 0.05) is 11.8 Å². The summed E-state index contributed by atoms with van der Waals surface area (Å²) in [5.74, 6) is 0.632. The highest BCUT2D eigenvalue weighted by Gasteiger charge is 2.20. The monoisotopic (exact) mass is 503 g/mol. The maximum atomic E-state index is 4.66. The van der Waals surface area contributed by atoms with Gasteiger partial charge in [0.1, 0.15) is 0 Å². The third-order valence-corrected chi connectivity index (χ3v) is 7.95. The van der Waals surface area contributed by atoms with E-state index in [0.717, 1.165) is 17.7 Å². The normalized spacial score (nSPS) is 15.9. The smallest absolute Gasteiger partial charge is 0.0703 e. The van der Waals surface area contributed by atoms with Gasteiger partial charge in [-0.2, -0.15) is 0 Å². The fourth-order valence-electron chi connectivity index (χ4n) is 6.08. The highest BCUT2D eigenvalue weighted by atomic mass is 14.7. The van der Waals surface area contributed by atoms with Crippen LogP contribution in [0.15, 0.2) is 127 Å². The number of allylic oxidation sites excluding steroid dienone is 6. The molecule has 1 aliphatic carbocycles. The van der Waals surface area contributed by atoms with Crippen molar-refractivity contribution in [2.24, 2.45) is 10.9 Å². The molecule has 39 heavy (non-hydrogen) atoms. The standard InChI is InChI=1S/C38H33N/c1-4-13-36(39-6-3)30-24-25-35(29-15-8-7-14-28(29)30)38-33-18-11-9-16-31(33)37(32-17-10-12-19-34(32)38)27-22-20-26(5-2)21-23-27/h4,6-20,22-26H,1,5,21H2,2-3H3/b36-13-,39-6-. The molecule has 0 fully saturated rings. The molecule has 5 aromatic rings. The van der Waals surface area contributed by atoms with E-state index in [2.05, 4.69) is 122 Å². The van der Waals surface area contributed by atoms with Gasteiger partial charge in [-0.3, -0.25) is 4.99 Å². The van der Waals surface area contributed by atoms with Crippen molar-refractivity contribution in [3.8, 4) is 11.1 Å². The van der Waals surface area contributed by atoms with Gasteiger partial charge in [0.2, 0.25) is 0 Å². The Morgan fingerprint density at radius 1 is 0.795 bits per heavy atom. The molecule has 0 heterocycles. The van der Waals surface area contributed by atoms with Crippen LogP contribution in [0.2, 0.25) is 0 Å². The Morgan fingerprint density at radius 2 is 1.38 bits per heavy atom. The molecule has 6 rings (SSSR count). The molecule has 0 bridgehead atoms. The number of rotatable bonds is 6. The topological polar surface area (TPSA) is 12.4 Å². The van der Waals surface area contributed by atoms with E-state index in [9.17, 15) is 0 Å². The minimum Gasteiger partial charge on any atom is -0.261 e. The average molecular weight is 504 g/mol. The van der Waals surface area contributed by atoms with Crippen molar-refractivity contribution in [1.29, 1.82) is 0 Å². The molecule has 0 spiro atoms. The van der Waals surface area contributed by atoms with Crippen molar-refractivity contribution in [3.63, 3.8) is 0 Å². The van der Waals surface area contributed by atoms with Crippen LogP contribution in [0.25, 0.3) is 54.7 Å². The molecule has 1 unspecified atom stereocenters. The first-order chi connectivity index (χ1) is 19.2. The lowest BCUT2D eigenvalue weighted by atomic mass is 9.82. The molecular weight excluding hydrogens is 470 g/mol. The quantitative estimate of drug-likeness (QED) is 0.124. The number of hydrogen-bond donors (Lipinski definition) is 0. The summed E-state index contributed by atoms with van der Waals surface area (Å²) in [5, 5.41) is 7.58. The van der Waals surface area contributed by atoms with Crippen molar-refractivity contribution >= 4 is 49.8 Å². The first-order valence-electron chi connectivity index (χ1n) is 13.9. The second-order valence-electron chi connectivity index (χ2n) is 10.1. The van der Waals surface area contributed by atoms with Gasteiger partial charge in [0.15, 0.2) is 0 Å². The van der Waals surface area contributed by atoms with E-state index in [4.69, 9.17) is 0 Å². The zero-order valence-corrected chi connectivity index (χ0v) is 22.7. The maximum absolute atomic E-state index is 4.66. The molecule has 0 aromatic heterocycles. The molecule has 0 saturated carbocycles. The summed E-state index contributed by atoms with van der Waals surface area (Å²) in [6, 6.07) is 31.0. The molecule has 1 nitrogen and oxygen atoms in total. The van der Waals surface area contributed by atoms with Crippen LogP contribution in [0.4, 0.5) is 0 Å². The van der Waals surface area contributed by atoms with Crippen LogP contribution in [0.1, 0.15) is 37.8 Å². The summed E-state index contributed by atoms with van der Waals surface area (Å²) in [6.07, 6.45) is 15.1. The molecule has 1 aliphatic rings. The van der Waals surface area contributed by atoms with E-state index in [1.54, 1.807) is 0 Å². The van der Waals surface area contributed by atoms with Crippen LogP contribution in [0, 0.1) is 5.92 Å². The Morgan fingerprint density at radius 3 is 1.92 bits per heavy atom. The Hall–Kier alpha value is -4.49. The zero-order valence-electron chi connectivity index (χ0n) is 22.7. The molecule has 190 valence electrons. The molecule has 0 N–H and O–H groups in total. The summed E-state index contributed by atoms with van der Waals surface area (Å²) in [4.78, 5) is 4.66. The van der Waals surface area contributed by atoms with Crippen LogP contribution in [-0.2, 0) is 0 Å². The second kappa shape index (κ2) is 10.7. The predicted molar refractivity (Wildman–Crippen MR) is 172 cm³/mol. The number of benzene rings is 5. The molecule has 1 atom stereocenters. The maximum Gasteiger partial charge on any atom is 0.0703 e. The molecule has 0 aliphatic heterocycles. The minimum absolute atomic E-state index is 0.632. The van der Waals surface area contributed by atoms with Crippen LogP contribution in [0.3, 0.4) is 0 Å². The Labute approximate surface area is 231 Å². The van der Waals surface area contributed by atoms with Crippen molar-refractivity contribution in [1.82, 2.24) is 0 Å². The van der Waals surface area contributed by atoms with Gasteiger partial charge in [-0.1, -0.05) is 123 Å². The summed E-state index contributed by atoms with van der Waals surface area (Å²) in [5.41, 5.74) is 7.22. The summed E-state index contributed by atoms with van der Waals surface area (Å²) in [6.45, 7) is 8.14. The van der Waals surface area contributed by atoms with Crippen molar-refractivity contribution in [3.05, 3.63) is 133 Å². The van der Waals surface area contributed by atoms with Crippen molar-refractivity contribution in [2.45, 2.75) is 26.7 Å². The van der Waals surface area contributed by atoms with E-state index in [1.165, 1.54) is 61.0 Å². The fraction of sp³-hybridized carbons (Fsp3) is 0.132. The molecule has 0 saturated heterocycles. The second-order valence-corrected chi connectivity index (χ2v) is 10.1. The van der Waals surface area contributed by atoms with Crippen molar-refractivity contribution < 1.29 is 0 Å². The molecule has 0 radical (unpaired) electrons. The number of aliphatic imine (C=N–C) groups is 1. The highest BCUT2D eigenvalue weighted by Crippen LogP contribution is 2.45. The number of nitrogens with zero attached hydrogens (tertiary/aromatic N) is 1. The zero-order chi connectivity index (χ0) is 26.8. The average Bonchev–Trinajstić information content (AvgIpc) is 2.99. The Balaban J connectivity index is 1.69. The van der Waals surface area contributed by atoms with Gasteiger partial charge < -0.3 is 0 Å².